The predicted octanol–water partition coefficient (Wildman–Crippen LogP) is 3.05. The molecule has 0 radical (unpaired) electrons. The Morgan fingerprint density at radius 1 is 1.00 bits per heavy atom. The average molecular weight is 189 g/mol. The van der Waals surface area contributed by atoms with E-state index in [-0.39, 0.29) is 0 Å². The second-order valence-electron chi connectivity index (χ2n) is 3.24. The van der Waals surface area contributed by atoms with Crippen molar-refractivity contribution in [2.45, 2.75) is 49.4 Å². The van der Waals surface area contributed by atoms with Crippen molar-refractivity contribution in [2.24, 2.45) is 0 Å². The molecule has 0 bridgehead atoms. The third-order valence-electron chi connectivity index (χ3n) is 1.64. The van der Waals surface area contributed by atoms with Crippen LogP contribution < -0.4 is 0 Å². The molecule has 0 aliphatic rings. The van der Waals surface area contributed by atoms with Gasteiger partial charge in [0.2, 0.25) is 0 Å². The van der Waals surface area contributed by atoms with Crippen LogP contribution in [0.3, 0.4) is 0 Å². The van der Waals surface area contributed by atoms with E-state index in [0.29, 0.717) is 0 Å². The number of hydrogen-bond acceptors (Lipinski definition) is 0. The molecule has 0 aromatic carbocycles. The van der Waals surface area contributed by atoms with Crippen LogP contribution in [0.25, 0.3) is 0 Å². The normalized spacial score (nSPS) is 10.7. The van der Waals surface area contributed by atoms with Gasteiger partial charge in [-0.1, -0.05) is 0 Å². The first-order chi connectivity index (χ1) is 4.27. The molecule has 1 heteroatoms. The molecule has 0 N–H and O–H groups in total. The van der Waals surface area contributed by atoms with Crippen molar-refractivity contribution >= 4 is 14.3 Å². The van der Waals surface area contributed by atoms with E-state index in [4.69, 9.17) is 0 Å². The van der Waals surface area contributed by atoms with E-state index >= 15 is 0 Å². The van der Waals surface area contributed by atoms with E-state index in [1.165, 1.54) is 25.7 Å². The summed E-state index contributed by atoms with van der Waals surface area (Å²) in [6, 6.07) is 0. The first-order valence-corrected chi connectivity index (χ1v) is 10.8. The van der Waals surface area contributed by atoms with Gasteiger partial charge < -0.3 is 0 Å². The zero-order valence-corrected chi connectivity index (χ0v) is 9.54. The van der Waals surface area contributed by atoms with E-state index in [2.05, 4.69) is 18.4 Å². The summed E-state index contributed by atoms with van der Waals surface area (Å²) in [6.07, 6.45) is 5.84. The Hall–Kier alpha value is 0.543. The summed E-state index contributed by atoms with van der Waals surface area (Å²) in [6.45, 7) is 2.27. The summed E-state index contributed by atoms with van der Waals surface area (Å²) in [7, 11) is 0. The Labute approximate surface area is 64.1 Å². The SMILES string of the molecule is CCCCC[CH2][GeH]([CH3])[CH3]. The molecule has 0 aromatic rings. The Kier molecular flexibility index (Phi) is 7.06. The summed E-state index contributed by atoms with van der Waals surface area (Å²) in [5, 5.41) is 1.60. The van der Waals surface area contributed by atoms with Gasteiger partial charge in [0.25, 0.3) is 0 Å². The topological polar surface area (TPSA) is 0 Å². The molecule has 0 amide bonds. The summed E-state index contributed by atoms with van der Waals surface area (Å²) in [5.41, 5.74) is 0. The fraction of sp³-hybridized carbons (Fsp3) is 1.00. The summed E-state index contributed by atoms with van der Waals surface area (Å²) >= 11 is -0.604. The van der Waals surface area contributed by atoms with Crippen molar-refractivity contribution in [3.63, 3.8) is 0 Å². The van der Waals surface area contributed by atoms with Crippen LogP contribution in [0, 0.1) is 0 Å². The van der Waals surface area contributed by atoms with Crippen molar-refractivity contribution in [1.82, 2.24) is 0 Å². The molecule has 0 unspecified atom stereocenters. The molecule has 0 saturated carbocycles. The van der Waals surface area contributed by atoms with Crippen LogP contribution in [0.1, 0.15) is 32.6 Å². The van der Waals surface area contributed by atoms with E-state index in [1.807, 2.05) is 0 Å². The molecule has 0 aliphatic heterocycles. The molecule has 0 spiro atoms. The third kappa shape index (κ3) is 8.54. The van der Waals surface area contributed by atoms with Crippen molar-refractivity contribution in [3.8, 4) is 0 Å². The van der Waals surface area contributed by atoms with Gasteiger partial charge >= 0.3 is 63.7 Å². The van der Waals surface area contributed by atoms with Crippen LogP contribution in [0.4, 0.5) is 0 Å². The minimum absolute atomic E-state index is 0.604. The van der Waals surface area contributed by atoms with Crippen molar-refractivity contribution < 1.29 is 0 Å². The van der Waals surface area contributed by atoms with Crippen LogP contribution in [0.2, 0.25) is 16.8 Å². The quantitative estimate of drug-likeness (QED) is 0.460. The standard InChI is InChI=1S/C8H20Ge/c1-4-5-6-7-8-9(2)3/h9H,4-8H2,1-3H3. The van der Waals surface area contributed by atoms with Gasteiger partial charge in [-0.25, -0.2) is 0 Å². The third-order valence-corrected chi connectivity index (χ3v) is 4.91. The molecule has 0 atom stereocenters. The maximum atomic E-state index is 2.49. The zero-order chi connectivity index (χ0) is 7.11. The zero-order valence-electron chi connectivity index (χ0n) is 7.11. The van der Waals surface area contributed by atoms with Gasteiger partial charge in [-0.3, -0.25) is 0 Å². The summed E-state index contributed by atoms with van der Waals surface area (Å²) in [5.74, 6) is 4.97. The molecular weight excluding hydrogens is 169 g/mol. The monoisotopic (exact) mass is 190 g/mol. The second-order valence-corrected chi connectivity index (χ2v) is 10.3. The Bertz CT molecular complexity index is 50.5. The molecular formula is C8H20Ge. The van der Waals surface area contributed by atoms with Gasteiger partial charge in [-0.05, 0) is 0 Å². The van der Waals surface area contributed by atoms with E-state index in [0.717, 1.165) is 0 Å². The molecule has 56 valence electrons. The Morgan fingerprint density at radius 3 is 2.11 bits per heavy atom. The van der Waals surface area contributed by atoms with Crippen LogP contribution in [-0.4, -0.2) is 14.3 Å². The number of rotatable bonds is 5. The fourth-order valence-electron chi connectivity index (χ4n) is 0.979. The average Bonchev–Trinajstić information content (AvgIpc) is 1.80. The molecule has 0 aliphatic carbocycles. The van der Waals surface area contributed by atoms with Crippen molar-refractivity contribution in [2.75, 3.05) is 0 Å². The van der Waals surface area contributed by atoms with Crippen LogP contribution in [-0.2, 0) is 0 Å². The predicted molar refractivity (Wildman–Crippen MR) is 47.8 cm³/mol. The first-order valence-electron chi connectivity index (χ1n) is 4.27. The van der Waals surface area contributed by atoms with Crippen LogP contribution >= 0.6 is 0 Å². The summed E-state index contributed by atoms with van der Waals surface area (Å²) < 4.78 is 0. The van der Waals surface area contributed by atoms with Crippen LogP contribution in [0.5, 0.6) is 0 Å². The molecule has 0 heterocycles. The van der Waals surface area contributed by atoms with Gasteiger partial charge in [0.1, 0.15) is 0 Å². The van der Waals surface area contributed by atoms with Crippen LogP contribution in [0.15, 0.2) is 0 Å². The molecule has 0 rings (SSSR count). The second kappa shape index (κ2) is 6.66. The molecule has 0 fully saturated rings. The van der Waals surface area contributed by atoms with Gasteiger partial charge in [-0.15, -0.1) is 0 Å². The molecule has 0 aromatic heterocycles. The summed E-state index contributed by atoms with van der Waals surface area (Å²) in [4.78, 5) is 0. The van der Waals surface area contributed by atoms with Gasteiger partial charge in [0.05, 0.1) is 0 Å². The van der Waals surface area contributed by atoms with Gasteiger partial charge in [0, 0.05) is 0 Å². The maximum absolute atomic E-state index is 2.49. The van der Waals surface area contributed by atoms with Crippen molar-refractivity contribution in [1.29, 1.82) is 0 Å². The minimum atomic E-state index is -0.604. The molecule has 9 heavy (non-hydrogen) atoms. The van der Waals surface area contributed by atoms with E-state index < -0.39 is 14.3 Å². The van der Waals surface area contributed by atoms with E-state index in [9.17, 15) is 0 Å². The fourth-order valence-corrected chi connectivity index (χ4v) is 3.30. The number of unbranched alkanes of at least 4 members (excludes halogenated alkanes) is 3. The Balaban J connectivity index is 2.75. The molecule has 0 saturated heterocycles. The van der Waals surface area contributed by atoms with Gasteiger partial charge in [-0.2, -0.15) is 0 Å². The molecule has 0 nitrogen and oxygen atoms in total. The van der Waals surface area contributed by atoms with Crippen molar-refractivity contribution in [3.05, 3.63) is 0 Å². The first kappa shape index (κ1) is 9.54. The van der Waals surface area contributed by atoms with Gasteiger partial charge in [0.15, 0.2) is 0 Å². The Morgan fingerprint density at radius 2 is 1.67 bits per heavy atom. The van der Waals surface area contributed by atoms with E-state index in [1.54, 1.807) is 5.25 Å². The number of hydrogen-bond donors (Lipinski definition) is 0.